The van der Waals surface area contributed by atoms with Crippen molar-refractivity contribution in [3.63, 3.8) is 0 Å². The molecule has 0 amide bonds. The summed E-state index contributed by atoms with van der Waals surface area (Å²) < 4.78 is 0. The first kappa shape index (κ1) is 12.0. The van der Waals surface area contributed by atoms with Gasteiger partial charge in [0.15, 0.2) is 0 Å². The topological polar surface area (TPSA) is 0 Å². The van der Waals surface area contributed by atoms with Gasteiger partial charge in [-0.3, -0.25) is 0 Å². The van der Waals surface area contributed by atoms with Crippen molar-refractivity contribution < 1.29 is 0 Å². The van der Waals surface area contributed by atoms with E-state index in [2.05, 4.69) is 34.6 Å². The highest BCUT2D eigenvalue weighted by molar-refractivity contribution is 4.88. The molecule has 0 aliphatic carbocycles. The molecule has 0 N–H and O–H groups in total. The van der Waals surface area contributed by atoms with Crippen LogP contribution in [-0.2, 0) is 0 Å². The van der Waals surface area contributed by atoms with Crippen LogP contribution in [0.25, 0.3) is 0 Å². The number of hydrogen-bond acceptors (Lipinski definition) is 0. The van der Waals surface area contributed by atoms with Crippen molar-refractivity contribution in [1.29, 1.82) is 0 Å². The number of hydrogen-bond donors (Lipinski definition) is 0. The lowest BCUT2D eigenvalue weighted by Crippen LogP contribution is -2.02. The Labute approximate surface area is 78.8 Å². The zero-order chi connectivity index (χ0) is 9.56. The predicted molar refractivity (Wildman–Crippen MR) is 57.1 cm³/mol. The minimum absolute atomic E-state index is 0.840. The molecule has 0 saturated carbocycles. The summed E-state index contributed by atoms with van der Waals surface area (Å²) >= 11 is 0. The average Bonchev–Trinajstić information content (AvgIpc) is 1.97. The Bertz CT molecular complexity index is 92.2. The minimum atomic E-state index is 0.840. The zero-order valence-electron chi connectivity index (χ0n) is 9.48. The third-order valence-corrected chi connectivity index (χ3v) is 2.27. The highest BCUT2D eigenvalue weighted by Gasteiger charge is 2.09. The van der Waals surface area contributed by atoms with E-state index in [0.717, 1.165) is 11.8 Å². The molecular weight excluding hydrogens is 144 g/mol. The monoisotopic (exact) mass is 169 g/mol. The molecule has 0 aromatic carbocycles. The van der Waals surface area contributed by atoms with Gasteiger partial charge >= 0.3 is 0 Å². The van der Waals surface area contributed by atoms with Gasteiger partial charge in [-0.25, -0.2) is 0 Å². The summed E-state index contributed by atoms with van der Waals surface area (Å²) in [6.45, 7) is 11.5. The Morgan fingerprint density at radius 3 is 1.92 bits per heavy atom. The SMILES string of the molecule is CC[C](CCC(C)C)CC(C)C. The maximum Gasteiger partial charge on any atom is -0.0241 e. The maximum atomic E-state index is 2.31. The van der Waals surface area contributed by atoms with Gasteiger partial charge in [-0.15, -0.1) is 0 Å². The summed E-state index contributed by atoms with van der Waals surface area (Å²) in [5.74, 6) is 3.46. The first-order chi connectivity index (χ1) is 5.56. The third-order valence-electron chi connectivity index (χ3n) is 2.27. The maximum absolute atomic E-state index is 2.31. The molecule has 1 radical (unpaired) electrons. The standard InChI is InChI=1S/C12H25/c1-6-12(9-11(4)5)8-7-10(2)3/h10-11H,6-9H2,1-5H3. The van der Waals surface area contributed by atoms with Crippen LogP contribution in [0.15, 0.2) is 0 Å². The van der Waals surface area contributed by atoms with Crippen LogP contribution in [0.1, 0.15) is 60.3 Å². The molecule has 0 heterocycles. The Morgan fingerprint density at radius 1 is 1.00 bits per heavy atom. The molecular formula is C12H25. The fraction of sp³-hybridized carbons (Fsp3) is 0.917. The molecule has 0 aromatic rings. The Kier molecular flexibility index (Phi) is 6.51. The van der Waals surface area contributed by atoms with E-state index >= 15 is 0 Å². The Balaban J connectivity index is 3.53. The van der Waals surface area contributed by atoms with Crippen LogP contribution < -0.4 is 0 Å². The van der Waals surface area contributed by atoms with Gasteiger partial charge in [-0.2, -0.15) is 0 Å². The highest BCUT2D eigenvalue weighted by atomic mass is 14.1. The van der Waals surface area contributed by atoms with Crippen LogP contribution in [0.4, 0.5) is 0 Å². The van der Waals surface area contributed by atoms with E-state index in [1.807, 2.05) is 0 Å². The van der Waals surface area contributed by atoms with Crippen molar-refractivity contribution in [3.8, 4) is 0 Å². The van der Waals surface area contributed by atoms with Crippen LogP contribution >= 0.6 is 0 Å². The summed E-state index contributed by atoms with van der Waals surface area (Å²) in [5.41, 5.74) is 0. The van der Waals surface area contributed by atoms with Crippen LogP contribution in [-0.4, -0.2) is 0 Å². The van der Waals surface area contributed by atoms with Crippen molar-refractivity contribution in [1.82, 2.24) is 0 Å². The molecule has 73 valence electrons. The lowest BCUT2D eigenvalue weighted by Gasteiger charge is -2.17. The molecule has 0 fully saturated rings. The molecule has 0 atom stereocenters. The zero-order valence-corrected chi connectivity index (χ0v) is 9.48. The van der Waals surface area contributed by atoms with Gasteiger partial charge in [0.05, 0.1) is 0 Å². The molecule has 0 saturated heterocycles. The van der Waals surface area contributed by atoms with E-state index in [-0.39, 0.29) is 0 Å². The fourth-order valence-electron chi connectivity index (χ4n) is 1.49. The van der Waals surface area contributed by atoms with Crippen molar-refractivity contribution >= 4 is 0 Å². The van der Waals surface area contributed by atoms with E-state index < -0.39 is 0 Å². The van der Waals surface area contributed by atoms with Crippen molar-refractivity contribution in [2.75, 3.05) is 0 Å². The molecule has 0 bridgehead atoms. The van der Waals surface area contributed by atoms with E-state index in [9.17, 15) is 0 Å². The van der Waals surface area contributed by atoms with Gasteiger partial charge in [0.2, 0.25) is 0 Å². The minimum Gasteiger partial charge on any atom is -0.0648 e. The molecule has 0 aliphatic rings. The van der Waals surface area contributed by atoms with Gasteiger partial charge < -0.3 is 0 Å². The normalized spacial score (nSPS) is 12.0. The fourth-order valence-corrected chi connectivity index (χ4v) is 1.49. The lowest BCUT2D eigenvalue weighted by molar-refractivity contribution is 0.494. The largest absolute Gasteiger partial charge is 0.0648 e. The molecule has 0 aromatic heterocycles. The van der Waals surface area contributed by atoms with Crippen LogP contribution in [0.2, 0.25) is 0 Å². The smallest absolute Gasteiger partial charge is 0.0241 e. The highest BCUT2D eigenvalue weighted by Crippen LogP contribution is 2.24. The first-order valence-electron chi connectivity index (χ1n) is 5.39. The number of rotatable bonds is 6. The predicted octanol–water partition coefficient (Wildman–Crippen LogP) is 4.45. The van der Waals surface area contributed by atoms with Gasteiger partial charge in [0.1, 0.15) is 0 Å². The van der Waals surface area contributed by atoms with E-state index in [1.54, 1.807) is 5.92 Å². The second kappa shape index (κ2) is 6.51. The molecule has 0 aliphatic heterocycles. The summed E-state index contributed by atoms with van der Waals surface area (Å²) in [6.07, 6.45) is 5.34. The molecule has 0 nitrogen and oxygen atoms in total. The average molecular weight is 169 g/mol. The van der Waals surface area contributed by atoms with Crippen LogP contribution in [0.3, 0.4) is 0 Å². The molecule has 0 rings (SSSR count). The van der Waals surface area contributed by atoms with Crippen molar-refractivity contribution in [2.45, 2.75) is 60.3 Å². The Hall–Kier alpha value is 0. The van der Waals surface area contributed by atoms with Crippen molar-refractivity contribution in [2.24, 2.45) is 11.8 Å². The molecule has 0 unspecified atom stereocenters. The van der Waals surface area contributed by atoms with Gasteiger partial charge in [0, 0.05) is 0 Å². The third kappa shape index (κ3) is 6.69. The second-order valence-electron chi connectivity index (χ2n) is 4.63. The molecule has 12 heavy (non-hydrogen) atoms. The van der Waals surface area contributed by atoms with Gasteiger partial charge in [0.25, 0.3) is 0 Å². The molecule has 0 spiro atoms. The van der Waals surface area contributed by atoms with Crippen LogP contribution in [0.5, 0.6) is 0 Å². The summed E-state index contributed by atoms with van der Waals surface area (Å²) in [7, 11) is 0. The summed E-state index contributed by atoms with van der Waals surface area (Å²) in [6, 6.07) is 0. The van der Waals surface area contributed by atoms with E-state index in [4.69, 9.17) is 0 Å². The van der Waals surface area contributed by atoms with E-state index in [1.165, 1.54) is 25.7 Å². The first-order valence-corrected chi connectivity index (χ1v) is 5.39. The van der Waals surface area contributed by atoms with E-state index in [0.29, 0.717) is 0 Å². The molecule has 0 heteroatoms. The van der Waals surface area contributed by atoms with Crippen LogP contribution in [0, 0.1) is 17.8 Å². The summed E-state index contributed by atoms with van der Waals surface area (Å²) in [4.78, 5) is 0. The van der Waals surface area contributed by atoms with Crippen molar-refractivity contribution in [3.05, 3.63) is 5.92 Å². The lowest BCUT2D eigenvalue weighted by atomic mass is 9.89. The second-order valence-corrected chi connectivity index (χ2v) is 4.63. The quantitative estimate of drug-likeness (QED) is 0.551. The Morgan fingerprint density at radius 2 is 1.58 bits per heavy atom. The van der Waals surface area contributed by atoms with Gasteiger partial charge in [-0.1, -0.05) is 41.0 Å². The van der Waals surface area contributed by atoms with Gasteiger partial charge in [-0.05, 0) is 37.0 Å². The summed E-state index contributed by atoms with van der Waals surface area (Å²) in [5, 5.41) is 0.